The minimum Gasteiger partial charge on any atom is -0.333 e. The number of carbonyl (C=O) groups excluding carboxylic acids is 1. The zero-order valence-electron chi connectivity index (χ0n) is 16.2. The first kappa shape index (κ1) is 20.8. The number of hydrogen-bond acceptors (Lipinski definition) is 5. The van der Waals surface area contributed by atoms with E-state index in [1.807, 2.05) is 13.8 Å². The van der Waals surface area contributed by atoms with Crippen molar-refractivity contribution < 1.29 is 18.1 Å². The van der Waals surface area contributed by atoms with Crippen molar-refractivity contribution in [3.05, 3.63) is 64.2 Å². The second kappa shape index (κ2) is 8.20. The van der Waals surface area contributed by atoms with Gasteiger partial charge in [0.25, 0.3) is 21.6 Å². The number of nitro benzene ring substituents is 1. The van der Waals surface area contributed by atoms with Gasteiger partial charge in [0, 0.05) is 24.2 Å². The molecule has 154 valence electrons. The van der Waals surface area contributed by atoms with E-state index in [4.69, 9.17) is 0 Å². The van der Waals surface area contributed by atoms with Crippen LogP contribution >= 0.6 is 0 Å². The van der Waals surface area contributed by atoms with E-state index in [2.05, 4.69) is 4.72 Å². The second-order valence-electron chi connectivity index (χ2n) is 7.25. The number of nitro groups is 1. The third-order valence-corrected chi connectivity index (χ3v) is 6.53. The van der Waals surface area contributed by atoms with Crippen LogP contribution in [-0.2, 0) is 10.0 Å². The summed E-state index contributed by atoms with van der Waals surface area (Å²) in [5, 5.41) is 11.0. The smallest absolute Gasteiger partial charge is 0.270 e. The van der Waals surface area contributed by atoms with Gasteiger partial charge in [-0.25, -0.2) is 8.42 Å². The Labute approximate surface area is 169 Å². The number of rotatable bonds is 5. The minimum atomic E-state index is -4.11. The molecular formula is C20H23N3O5S. The SMILES string of the molecule is C[C@@H]1CCC[C@H](C)N1C(=O)c1ccccc1NS(=O)(=O)c1cccc([N+](=O)[O-])c1. The zero-order chi connectivity index (χ0) is 21.2. The summed E-state index contributed by atoms with van der Waals surface area (Å²) in [7, 11) is -4.11. The van der Waals surface area contributed by atoms with Crippen molar-refractivity contribution >= 4 is 27.3 Å². The summed E-state index contributed by atoms with van der Waals surface area (Å²) in [6.45, 7) is 3.98. The van der Waals surface area contributed by atoms with Crippen molar-refractivity contribution in [1.29, 1.82) is 0 Å². The van der Waals surface area contributed by atoms with Gasteiger partial charge in [-0.2, -0.15) is 0 Å². The molecule has 29 heavy (non-hydrogen) atoms. The molecule has 0 radical (unpaired) electrons. The highest BCUT2D eigenvalue weighted by molar-refractivity contribution is 7.92. The summed E-state index contributed by atoms with van der Waals surface area (Å²) in [5.74, 6) is -0.234. The summed E-state index contributed by atoms with van der Waals surface area (Å²) < 4.78 is 28.0. The Balaban J connectivity index is 1.94. The molecule has 0 saturated carbocycles. The molecule has 1 fully saturated rings. The van der Waals surface area contributed by atoms with Gasteiger partial charge in [-0.1, -0.05) is 18.2 Å². The maximum Gasteiger partial charge on any atom is 0.270 e. The fraction of sp³-hybridized carbons (Fsp3) is 0.350. The van der Waals surface area contributed by atoms with Gasteiger partial charge in [0.15, 0.2) is 0 Å². The molecule has 0 unspecified atom stereocenters. The van der Waals surface area contributed by atoms with Crippen LogP contribution in [0.4, 0.5) is 11.4 Å². The molecule has 1 heterocycles. The topological polar surface area (TPSA) is 110 Å². The Bertz CT molecular complexity index is 1030. The van der Waals surface area contributed by atoms with Crippen molar-refractivity contribution in [2.24, 2.45) is 0 Å². The van der Waals surface area contributed by atoms with Gasteiger partial charge in [0.1, 0.15) is 0 Å². The summed E-state index contributed by atoms with van der Waals surface area (Å²) >= 11 is 0. The maximum atomic E-state index is 13.2. The Hall–Kier alpha value is -2.94. The van der Waals surface area contributed by atoms with Crippen LogP contribution in [0.5, 0.6) is 0 Å². The van der Waals surface area contributed by atoms with E-state index in [0.717, 1.165) is 25.3 Å². The van der Waals surface area contributed by atoms with Gasteiger partial charge in [0.2, 0.25) is 0 Å². The molecule has 1 aliphatic heterocycles. The fourth-order valence-corrected chi connectivity index (χ4v) is 4.81. The molecule has 1 N–H and O–H groups in total. The van der Waals surface area contributed by atoms with Crippen molar-refractivity contribution in [3.63, 3.8) is 0 Å². The molecule has 0 bridgehead atoms. The van der Waals surface area contributed by atoms with E-state index in [-0.39, 0.29) is 39.8 Å². The number of anilines is 1. The largest absolute Gasteiger partial charge is 0.333 e. The molecule has 1 saturated heterocycles. The highest BCUT2D eigenvalue weighted by Gasteiger charge is 2.31. The van der Waals surface area contributed by atoms with Crippen LogP contribution in [0.25, 0.3) is 0 Å². The molecule has 2 aromatic carbocycles. The first-order valence-corrected chi connectivity index (χ1v) is 10.9. The zero-order valence-corrected chi connectivity index (χ0v) is 17.1. The lowest BCUT2D eigenvalue weighted by Crippen LogP contribution is -2.47. The van der Waals surface area contributed by atoms with Crippen LogP contribution in [-0.4, -0.2) is 36.2 Å². The predicted molar refractivity (Wildman–Crippen MR) is 109 cm³/mol. The monoisotopic (exact) mass is 417 g/mol. The number of non-ortho nitro benzene ring substituents is 1. The molecule has 9 heteroatoms. The molecule has 8 nitrogen and oxygen atoms in total. The van der Waals surface area contributed by atoms with Gasteiger partial charge in [-0.15, -0.1) is 0 Å². The molecule has 1 aliphatic rings. The van der Waals surface area contributed by atoms with Gasteiger partial charge >= 0.3 is 0 Å². The molecule has 2 aromatic rings. The van der Waals surface area contributed by atoms with Crippen LogP contribution in [0.3, 0.4) is 0 Å². The molecule has 3 rings (SSSR count). The quantitative estimate of drug-likeness (QED) is 0.588. The Kier molecular flexibility index (Phi) is 5.88. The number of carbonyl (C=O) groups is 1. The predicted octanol–water partition coefficient (Wildman–Crippen LogP) is 3.80. The molecule has 0 aliphatic carbocycles. The Morgan fingerprint density at radius 2 is 1.76 bits per heavy atom. The number of likely N-dealkylation sites (tertiary alicyclic amines) is 1. The van der Waals surface area contributed by atoms with E-state index in [1.165, 1.54) is 24.3 Å². The van der Waals surface area contributed by atoms with Crippen LogP contribution in [0.2, 0.25) is 0 Å². The summed E-state index contributed by atoms with van der Waals surface area (Å²) in [4.78, 5) is 25.1. The third kappa shape index (κ3) is 4.40. The number of nitrogens with zero attached hydrogens (tertiary/aromatic N) is 2. The number of nitrogens with one attached hydrogen (secondary N) is 1. The highest BCUT2D eigenvalue weighted by Crippen LogP contribution is 2.28. The van der Waals surface area contributed by atoms with E-state index in [9.17, 15) is 23.3 Å². The molecular weight excluding hydrogens is 394 g/mol. The number of benzene rings is 2. The second-order valence-corrected chi connectivity index (χ2v) is 8.93. The summed E-state index contributed by atoms with van der Waals surface area (Å²) in [6.07, 6.45) is 2.85. The molecule has 2 atom stereocenters. The molecule has 1 amide bonds. The van der Waals surface area contributed by atoms with Crippen LogP contribution < -0.4 is 4.72 Å². The average Bonchev–Trinajstić information content (AvgIpc) is 2.68. The first-order valence-electron chi connectivity index (χ1n) is 9.39. The highest BCUT2D eigenvalue weighted by atomic mass is 32.2. The minimum absolute atomic E-state index is 0.0627. The third-order valence-electron chi connectivity index (χ3n) is 5.17. The van der Waals surface area contributed by atoms with Crippen molar-refractivity contribution in [1.82, 2.24) is 4.90 Å². The van der Waals surface area contributed by atoms with E-state index < -0.39 is 14.9 Å². The maximum absolute atomic E-state index is 13.2. The van der Waals surface area contributed by atoms with Crippen molar-refractivity contribution in [2.75, 3.05) is 4.72 Å². The summed E-state index contributed by atoms with van der Waals surface area (Å²) in [5.41, 5.74) is 0.0734. The number of hydrogen-bond donors (Lipinski definition) is 1. The Morgan fingerprint density at radius 1 is 1.10 bits per heavy atom. The lowest BCUT2D eigenvalue weighted by atomic mass is 9.96. The fourth-order valence-electron chi connectivity index (χ4n) is 3.69. The summed E-state index contributed by atoms with van der Waals surface area (Å²) in [6, 6.07) is 11.3. The van der Waals surface area contributed by atoms with Gasteiger partial charge in [-0.05, 0) is 51.3 Å². The van der Waals surface area contributed by atoms with Crippen LogP contribution in [0.15, 0.2) is 53.4 Å². The van der Waals surface area contributed by atoms with Crippen molar-refractivity contribution in [3.8, 4) is 0 Å². The number of piperidine rings is 1. The molecule has 0 aromatic heterocycles. The van der Waals surface area contributed by atoms with Crippen LogP contribution in [0, 0.1) is 10.1 Å². The normalized spacial score (nSPS) is 19.6. The van der Waals surface area contributed by atoms with Gasteiger partial charge in [-0.3, -0.25) is 19.6 Å². The standard InChI is InChI=1S/C20H23N3O5S/c1-14-7-5-8-15(2)22(14)20(24)18-11-3-4-12-19(18)21-29(27,28)17-10-6-9-16(13-17)23(25)26/h3-4,6,9-15,21H,5,7-8H2,1-2H3/t14-,15+. The number of amides is 1. The number of para-hydroxylation sites is 1. The van der Waals surface area contributed by atoms with Gasteiger partial charge < -0.3 is 4.90 Å². The number of sulfonamides is 1. The van der Waals surface area contributed by atoms with E-state index in [1.54, 1.807) is 23.1 Å². The average molecular weight is 417 g/mol. The van der Waals surface area contributed by atoms with Gasteiger partial charge in [0.05, 0.1) is 21.1 Å². The van der Waals surface area contributed by atoms with E-state index >= 15 is 0 Å². The Morgan fingerprint density at radius 3 is 2.41 bits per heavy atom. The lowest BCUT2D eigenvalue weighted by molar-refractivity contribution is -0.385. The van der Waals surface area contributed by atoms with Crippen molar-refractivity contribution in [2.45, 2.75) is 50.1 Å². The van der Waals surface area contributed by atoms with E-state index in [0.29, 0.717) is 0 Å². The first-order chi connectivity index (χ1) is 13.7. The molecule has 0 spiro atoms. The lowest BCUT2D eigenvalue weighted by Gasteiger charge is -2.39. The van der Waals surface area contributed by atoms with Crippen LogP contribution in [0.1, 0.15) is 43.5 Å².